The van der Waals surface area contributed by atoms with E-state index in [4.69, 9.17) is 0 Å². The van der Waals surface area contributed by atoms with Crippen LogP contribution in [0.15, 0.2) is 72.8 Å². The minimum absolute atomic E-state index is 0.207. The van der Waals surface area contributed by atoms with Crippen molar-refractivity contribution in [2.24, 2.45) is 0 Å². The summed E-state index contributed by atoms with van der Waals surface area (Å²) in [6.07, 6.45) is 2.25. The first kappa shape index (κ1) is 16.3. The van der Waals surface area contributed by atoms with E-state index in [0.717, 1.165) is 19.4 Å². The molecule has 0 atom stereocenters. The topological polar surface area (TPSA) is 20.3 Å². The Morgan fingerprint density at radius 1 is 0.792 bits per heavy atom. The van der Waals surface area contributed by atoms with Crippen LogP contribution in [-0.4, -0.2) is 24.4 Å². The van der Waals surface area contributed by atoms with Gasteiger partial charge in [-0.15, -0.1) is 0 Å². The lowest BCUT2D eigenvalue weighted by Crippen LogP contribution is -2.29. The maximum atomic E-state index is 12.3. The SMILES string of the molecule is CN(CCc1ccccc1)C(=O)CCc1ccc2ccccc2c1. The number of hydrogen-bond acceptors (Lipinski definition) is 1. The molecule has 0 aliphatic rings. The summed E-state index contributed by atoms with van der Waals surface area (Å²) in [6.45, 7) is 0.764. The van der Waals surface area contributed by atoms with Crippen molar-refractivity contribution in [3.05, 3.63) is 83.9 Å². The zero-order chi connectivity index (χ0) is 16.8. The number of benzene rings is 3. The first-order valence-corrected chi connectivity index (χ1v) is 8.48. The average molecular weight is 317 g/mol. The van der Waals surface area contributed by atoms with E-state index in [-0.39, 0.29) is 5.91 Å². The molecule has 0 heterocycles. The van der Waals surface area contributed by atoms with Gasteiger partial charge < -0.3 is 4.90 Å². The van der Waals surface area contributed by atoms with E-state index in [1.807, 2.05) is 36.2 Å². The Labute approximate surface area is 143 Å². The molecule has 3 aromatic rings. The van der Waals surface area contributed by atoms with Crippen LogP contribution in [0.3, 0.4) is 0 Å². The summed E-state index contributed by atoms with van der Waals surface area (Å²) in [4.78, 5) is 14.2. The van der Waals surface area contributed by atoms with E-state index in [1.54, 1.807) is 0 Å². The van der Waals surface area contributed by atoms with E-state index < -0.39 is 0 Å². The van der Waals surface area contributed by atoms with Crippen molar-refractivity contribution in [3.8, 4) is 0 Å². The highest BCUT2D eigenvalue weighted by atomic mass is 16.2. The van der Waals surface area contributed by atoms with Crippen LogP contribution in [0, 0.1) is 0 Å². The predicted octanol–water partition coefficient (Wildman–Crippen LogP) is 4.47. The fourth-order valence-corrected chi connectivity index (χ4v) is 2.90. The third-order valence-electron chi connectivity index (χ3n) is 4.45. The average Bonchev–Trinajstić information content (AvgIpc) is 2.64. The van der Waals surface area contributed by atoms with Gasteiger partial charge in [-0.25, -0.2) is 0 Å². The summed E-state index contributed by atoms with van der Waals surface area (Å²) in [5, 5.41) is 2.48. The molecule has 0 N–H and O–H groups in total. The highest BCUT2D eigenvalue weighted by Crippen LogP contribution is 2.16. The van der Waals surface area contributed by atoms with Gasteiger partial charge in [0.15, 0.2) is 0 Å². The maximum Gasteiger partial charge on any atom is 0.222 e. The van der Waals surface area contributed by atoms with E-state index in [9.17, 15) is 4.79 Å². The smallest absolute Gasteiger partial charge is 0.222 e. The van der Waals surface area contributed by atoms with Crippen LogP contribution in [-0.2, 0) is 17.6 Å². The van der Waals surface area contributed by atoms with Gasteiger partial charge in [0.2, 0.25) is 5.91 Å². The molecule has 0 bridgehead atoms. The molecule has 0 radical (unpaired) electrons. The van der Waals surface area contributed by atoms with Crippen LogP contribution in [0.2, 0.25) is 0 Å². The molecule has 122 valence electrons. The first-order chi connectivity index (χ1) is 11.7. The van der Waals surface area contributed by atoms with Gasteiger partial charge in [0.1, 0.15) is 0 Å². The molecule has 0 spiro atoms. The fraction of sp³-hybridized carbons (Fsp3) is 0.227. The minimum atomic E-state index is 0.207. The van der Waals surface area contributed by atoms with Gasteiger partial charge in [-0.05, 0) is 34.7 Å². The van der Waals surface area contributed by atoms with Crippen LogP contribution in [0.4, 0.5) is 0 Å². The van der Waals surface area contributed by atoms with Crippen LogP contribution in [0.1, 0.15) is 17.5 Å². The molecule has 0 unspecified atom stereocenters. The Hall–Kier alpha value is -2.61. The number of nitrogens with zero attached hydrogens (tertiary/aromatic N) is 1. The van der Waals surface area contributed by atoms with Crippen LogP contribution >= 0.6 is 0 Å². The maximum absolute atomic E-state index is 12.3. The molecular weight excluding hydrogens is 294 g/mol. The molecule has 2 nitrogen and oxygen atoms in total. The number of likely N-dealkylation sites (N-methyl/N-ethyl adjacent to an activating group) is 1. The molecule has 3 rings (SSSR count). The number of carbonyl (C=O) groups is 1. The number of amides is 1. The standard InChI is InChI=1S/C22H23NO/c1-23(16-15-18-7-3-2-4-8-18)22(24)14-12-19-11-13-20-9-5-6-10-21(20)17-19/h2-11,13,17H,12,14-16H2,1H3. The normalized spacial score (nSPS) is 10.7. The van der Waals surface area contributed by atoms with E-state index >= 15 is 0 Å². The van der Waals surface area contributed by atoms with E-state index in [1.165, 1.54) is 21.9 Å². The summed E-state index contributed by atoms with van der Waals surface area (Å²) >= 11 is 0. The highest BCUT2D eigenvalue weighted by Gasteiger charge is 2.09. The molecule has 0 aromatic heterocycles. The zero-order valence-electron chi connectivity index (χ0n) is 14.1. The lowest BCUT2D eigenvalue weighted by atomic mass is 10.0. The van der Waals surface area contributed by atoms with Crippen molar-refractivity contribution in [1.29, 1.82) is 0 Å². The van der Waals surface area contributed by atoms with Crippen molar-refractivity contribution in [1.82, 2.24) is 4.90 Å². The Kier molecular flexibility index (Phi) is 5.27. The molecule has 2 heteroatoms. The molecule has 3 aromatic carbocycles. The number of fused-ring (bicyclic) bond motifs is 1. The van der Waals surface area contributed by atoms with Crippen LogP contribution < -0.4 is 0 Å². The van der Waals surface area contributed by atoms with Crippen LogP contribution in [0.5, 0.6) is 0 Å². The molecule has 0 saturated carbocycles. The zero-order valence-corrected chi connectivity index (χ0v) is 14.1. The molecule has 0 aliphatic carbocycles. The quantitative estimate of drug-likeness (QED) is 0.656. The minimum Gasteiger partial charge on any atom is -0.345 e. The van der Waals surface area contributed by atoms with Gasteiger partial charge >= 0.3 is 0 Å². The van der Waals surface area contributed by atoms with Crippen molar-refractivity contribution in [3.63, 3.8) is 0 Å². The molecule has 0 aliphatic heterocycles. The van der Waals surface area contributed by atoms with Gasteiger partial charge in [0.25, 0.3) is 0 Å². The van der Waals surface area contributed by atoms with Gasteiger partial charge in [-0.1, -0.05) is 72.8 Å². The third-order valence-corrected chi connectivity index (χ3v) is 4.45. The van der Waals surface area contributed by atoms with Crippen molar-refractivity contribution in [2.75, 3.05) is 13.6 Å². The Balaban J connectivity index is 1.52. The summed E-state index contributed by atoms with van der Waals surface area (Å²) < 4.78 is 0. The summed E-state index contributed by atoms with van der Waals surface area (Å²) in [6, 6.07) is 25.1. The van der Waals surface area contributed by atoms with E-state index in [0.29, 0.717) is 6.42 Å². The lowest BCUT2D eigenvalue weighted by molar-refractivity contribution is -0.129. The largest absolute Gasteiger partial charge is 0.345 e. The molecule has 0 fully saturated rings. The second-order valence-corrected chi connectivity index (χ2v) is 6.23. The number of hydrogen-bond donors (Lipinski definition) is 0. The monoisotopic (exact) mass is 317 g/mol. The number of aryl methyl sites for hydroxylation is 1. The summed E-state index contributed by atoms with van der Waals surface area (Å²) in [7, 11) is 1.89. The second-order valence-electron chi connectivity index (χ2n) is 6.23. The van der Waals surface area contributed by atoms with Gasteiger partial charge in [-0.3, -0.25) is 4.79 Å². The number of rotatable bonds is 6. The molecule has 24 heavy (non-hydrogen) atoms. The Morgan fingerprint density at radius 3 is 2.29 bits per heavy atom. The lowest BCUT2D eigenvalue weighted by Gasteiger charge is -2.17. The Morgan fingerprint density at radius 2 is 1.50 bits per heavy atom. The molecular formula is C22H23NO. The summed E-state index contributed by atoms with van der Waals surface area (Å²) in [5.74, 6) is 0.207. The number of carbonyl (C=O) groups excluding carboxylic acids is 1. The second kappa shape index (κ2) is 7.78. The summed E-state index contributed by atoms with van der Waals surface area (Å²) in [5.41, 5.74) is 2.49. The van der Waals surface area contributed by atoms with Crippen molar-refractivity contribution < 1.29 is 4.79 Å². The van der Waals surface area contributed by atoms with Crippen molar-refractivity contribution >= 4 is 16.7 Å². The first-order valence-electron chi connectivity index (χ1n) is 8.48. The third kappa shape index (κ3) is 4.23. The Bertz CT molecular complexity index is 810. The van der Waals surface area contributed by atoms with Gasteiger partial charge in [0.05, 0.1) is 0 Å². The van der Waals surface area contributed by atoms with Crippen LogP contribution in [0.25, 0.3) is 10.8 Å². The highest BCUT2D eigenvalue weighted by molar-refractivity contribution is 5.83. The predicted molar refractivity (Wildman–Crippen MR) is 100 cm³/mol. The van der Waals surface area contributed by atoms with Gasteiger partial charge in [-0.2, -0.15) is 0 Å². The molecule has 0 saturated heterocycles. The van der Waals surface area contributed by atoms with E-state index in [2.05, 4.69) is 48.5 Å². The fourth-order valence-electron chi connectivity index (χ4n) is 2.90. The van der Waals surface area contributed by atoms with Crippen molar-refractivity contribution in [2.45, 2.75) is 19.3 Å². The van der Waals surface area contributed by atoms with Gasteiger partial charge in [0, 0.05) is 20.0 Å². The molecule has 1 amide bonds.